The Morgan fingerprint density at radius 2 is 2.31 bits per heavy atom. The Bertz CT molecular complexity index is 345. The zero-order chi connectivity index (χ0) is 11.5. The fraction of sp³-hybridized carbons (Fsp3) is 0.615. The van der Waals surface area contributed by atoms with Gasteiger partial charge in [0.05, 0.1) is 0 Å². The summed E-state index contributed by atoms with van der Waals surface area (Å²) >= 11 is 5.97. The monoisotopic (exact) mass is 238 g/mol. The lowest BCUT2D eigenvalue weighted by Crippen LogP contribution is -2.33. The van der Waals surface area contributed by atoms with Gasteiger partial charge in [0.1, 0.15) is 5.15 Å². The average molecular weight is 239 g/mol. The van der Waals surface area contributed by atoms with Crippen LogP contribution in [0, 0.1) is 12.8 Å². The van der Waals surface area contributed by atoms with Crippen LogP contribution in [0.25, 0.3) is 0 Å². The van der Waals surface area contributed by atoms with Crippen LogP contribution in [0.3, 0.4) is 0 Å². The van der Waals surface area contributed by atoms with Gasteiger partial charge in [0.25, 0.3) is 0 Å². The van der Waals surface area contributed by atoms with Crippen LogP contribution >= 0.6 is 11.6 Å². The molecule has 1 aromatic rings. The molecular formula is C13H19ClN2. The molecule has 0 N–H and O–H groups in total. The summed E-state index contributed by atoms with van der Waals surface area (Å²) in [7, 11) is 0. The minimum Gasteiger partial charge on any atom is -0.299 e. The summed E-state index contributed by atoms with van der Waals surface area (Å²) < 4.78 is 0. The van der Waals surface area contributed by atoms with E-state index in [0.29, 0.717) is 5.15 Å². The van der Waals surface area contributed by atoms with Crippen LogP contribution in [0.15, 0.2) is 12.1 Å². The van der Waals surface area contributed by atoms with Crippen molar-refractivity contribution in [1.82, 2.24) is 9.88 Å². The predicted molar refractivity (Wildman–Crippen MR) is 67.7 cm³/mol. The predicted octanol–water partition coefficient (Wildman–Crippen LogP) is 3.28. The number of aromatic nitrogens is 1. The molecule has 2 rings (SSSR count). The van der Waals surface area contributed by atoms with Gasteiger partial charge in [0, 0.05) is 18.8 Å². The highest BCUT2D eigenvalue weighted by Gasteiger charge is 2.16. The highest BCUT2D eigenvalue weighted by Crippen LogP contribution is 2.19. The van der Waals surface area contributed by atoms with Gasteiger partial charge < -0.3 is 0 Å². The van der Waals surface area contributed by atoms with Crippen molar-refractivity contribution < 1.29 is 0 Å². The smallest absolute Gasteiger partial charge is 0.129 e. The van der Waals surface area contributed by atoms with Crippen molar-refractivity contribution in [2.75, 3.05) is 13.1 Å². The first-order chi connectivity index (χ1) is 7.63. The molecule has 0 spiro atoms. The molecule has 0 amide bonds. The second-order valence-electron chi connectivity index (χ2n) is 4.92. The van der Waals surface area contributed by atoms with Crippen LogP contribution < -0.4 is 0 Å². The molecule has 0 aromatic carbocycles. The molecule has 3 heteroatoms. The molecule has 0 unspecified atom stereocenters. The van der Waals surface area contributed by atoms with E-state index in [2.05, 4.69) is 22.9 Å². The minimum atomic E-state index is 0.611. The summed E-state index contributed by atoms with van der Waals surface area (Å²) in [6, 6.07) is 4.11. The molecular weight excluding hydrogens is 220 g/mol. The summed E-state index contributed by atoms with van der Waals surface area (Å²) in [4.78, 5) is 6.70. The first kappa shape index (κ1) is 11.9. The molecule has 0 saturated carbocycles. The van der Waals surface area contributed by atoms with Crippen molar-refractivity contribution in [2.24, 2.45) is 5.92 Å². The highest BCUT2D eigenvalue weighted by molar-refractivity contribution is 6.29. The molecule has 1 atom stereocenters. The van der Waals surface area contributed by atoms with Crippen LogP contribution in [0.2, 0.25) is 5.15 Å². The van der Waals surface area contributed by atoms with Gasteiger partial charge in [-0.3, -0.25) is 4.90 Å². The van der Waals surface area contributed by atoms with E-state index in [1.54, 1.807) is 0 Å². The third-order valence-electron chi connectivity index (χ3n) is 3.13. The summed E-state index contributed by atoms with van der Waals surface area (Å²) in [5, 5.41) is 0.611. The average Bonchev–Trinajstić information content (AvgIpc) is 2.15. The molecule has 1 fully saturated rings. The molecule has 2 nitrogen and oxygen atoms in total. The molecule has 0 radical (unpaired) electrons. The number of aryl methyl sites for hydroxylation is 1. The molecule has 1 aliphatic rings. The number of halogens is 1. The number of piperidine rings is 1. The number of rotatable bonds is 2. The Hall–Kier alpha value is -0.600. The molecule has 2 heterocycles. The Morgan fingerprint density at radius 1 is 1.50 bits per heavy atom. The SMILES string of the molecule is Cc1cc(CN2CCC[C@H](C)C2)cc(Cl)n1. The summed E-state index contributed by atoms with van der Waals surface area (Å²) in [6.07, 6.45) is 2.69. The van der Waals surface area contributed by atoms with E-state index in [-0.39, 0.29) is 0 Å². The summed E-state index contributed by atoms with van der Waals surface area (Å²) in [6.45, 7) is 7.75. The highest BCUT2D eigenvalue weighted by atomic mass is 35.5. The first-order valence-corrected chi connectivity index (χ1v) is 6.36. The maximum absolute atomic E-state index is 5.97. The van der Waals surface area contributed by atoms with Gasteiger partial charge in [0.15, 0.2) is 0 Å². The van der Waals surface area contributed by atoms with Crippen LogP contribution in [0.5, 0.6) is 0 Å². The van der Waals surface area contributed by atoms with Gasteiger partial charge in [-0.2, -0.15) is 0 Å². The van der Waals surface area contributed by atoms with Crippen molar-refractivity contribution >= 4 is 11.6 Å². The zero-order valence-electron chi connectivity index (χ0n) is 10.0. The Balaban J connectivity index is 2.02. The second-order valence-corrected chi connectivity index (χ2v) is 5.31. The van der Waals surface area contributed by atoms with Crippen LogP contribution in [-0.2, 0) is 6.54 Å². The number of likely N-dealkylation sites (tertiary alicyclic amines) is 1. The fourth-order valence-electron chi connectivity index (χ4n) is 2.48. The molecule has 88 valence electrons. The van der Waals surface area contributed by atoms with Gasteiger partial charge >= 0.3 is 0 Å². The van der Waals surface area contributed by atoms with Gasteiger partial charge in [-0.1, -0.05) is 18.5 Å². The van der Waals surface area contributed by atoms with Gasteiger partial charge in [0.2, 0.25) is 0 Å². The van der Waals surface area contributed by atoms with Gasteiger partial charge in [-0.25, -0.2) is 4.98 Å². The van der Waals surface area contributed by atoms with E-state index in [9.17, 15) is 0 Å². The minimum absolute atomic E-state index is 0.611. The molecule has 0 aliphatic carbocycles. The van der Waals surface area contributed by atoms with E-state index in [1.165, 1.54) is 31.5 Å². The van der Waals surface area contributed by atoms with E-state index in [4.69, 9.17) is 11.6 Å². The standard InChI is InChI=1S/C13H19ClN2/c1-10-4-3-5-16(8-10)9-12-6-11(2)15-13(14)7-12/h6-7,10H,3-5,8-9H2,1-2H3/t10-/m0/s1. The number of pyridine rings is 1. The van der Waals surface area contributed by atoms with Crippen molar-refractivity contribution in [3.8, 4) is 0 Å². The van der Waals surface area contributed by atoms with Crippen molar-refractivity contribution in [3.05, 3.63) is 28.5 Å². The third-order valence-corrected chi connectivity index (χ3v) is 3.32. The maximum Gasteiger partial charge on any atom is 0.129 e. The lowest BCUT2D eigenvalue weighted by atomic mass is 10.00. The number of hydrogen-bond acceptors (Lipinski definition) is 2. The quantitative estimate of drug-likeness (QED) is 0.736. The molecule has 1 saturated heterocycles. The summed E-state index contributed by atoms with van der Waals surface area (Å²) in [5.74, 6) is 0.826. The molecule has 1 aromatic heterocycles. The van der Waals surface area contributed by atoms with Crippen LogP contribution in [0.1, 0.15) is 31.0 Å². The van der Waals surface area contributed by atoms with E-state index < -0.39 is 0 Å². The topological polar surface area (TPSA) is 16.1 Å². The second kappa shape index (κ2) is 5.15. The Morgan fingerprint density at radius 3 is 3.00 bits per heavy atom. The molecule has 0 bridgehead atoms. The maximum atomic E-state index is 5.97. The lowest BCUT2D eigenvalue weighted by Gasteiger charge is -2.30. The largest absolute Gasteiger partial charge is 0.299 e. The molecule has 16 heavy (non-hydrogen) atoms. The normalized spacial score (nSPS) is 22.3. The van der Waals surface area contributed by atoms with Crippen molar-refractivity contribution in [2.45, 2.75) is 33.2 Å². The summed E-state index contributed by atoms with van der Waals surface area (Å²) in [5.41, 5.74) is 2.29. The van der Waals surface area contributed by atoms with E-state index in [0.717, 1.165) is 18.2 Å². The molecule has 1 aliphatic heterocycles. The van der Waals surface area contributed by atoms with Crippen LogP contribution in [0.4, 0.5) is 0 Å². The Kier molecular flexibility index (Phi) is 3.82. The Labute approximate surface area is 103 Å². The van der Waals surface area contributed by atoms with E-state index in [1.807, 2.05) is 13.0 Å². The van der Waals surface area contributed by atoms with Gasteiger partial charge in [-0.15, -0.1) is 0 Å². The zero-order valence-corrected chi connectivity index (χ0v) is 10.8. The lowest BCUT2D eigenvalue weighted by molar-refractivity contribution is 0.176. The van der Waals surface area contributed by atoms with Crippen LogP contribution in [-0.4, -0.2) is 23.0 Å². The van der Waals surface area contributed by atoms with Crippen molar-refractivity contribution in [3.63, 3.8) is 0 Å². The van der Waals surface area contributed by atoms with Crippen molar-refractivity contribution in [1.29, 1.82) is 0 Å². The fourth-order valence-corrected chi connectivity index (χ4v) is 2.75. The third kappa shape index (κ3) is 3.19. The first-order valence-electron chi connectivity index (χ1n) is 5.99. The van der Waals surface area contributed by atoms with E-state index >= 15 is 0 Å². The number of hydrogen-bond donors (Lipinski definition) is 0. The number of nitrogens with zero attached hydrogens (tertiary/aromatic N) is 2. The van der Waals surface area contributed by atoms with Gasteiger partial charge in [-0.05, 0) is 49.9 Å².